The molecule has 0 saturated carbocycles. The van der Waals surface area contributed by atoms with Crippen molar-refractivity contribution in [1.29, 1.82) is 0 Å². The molecule has 0 spiro atoms. The van der Waals surface area contributed by atoms with E-state index in [4.69, 9.17) is 15.0 Å². The Balaban J connectivity index is 2.10. The zero-order valence-electron chi connectivity index (χ0n) is 11.5. The van der Waals surface area contributed by atoms with Gasteiger partial charge in [0.05, 0.1) is 12.6 Å². The molecule has 1 saturated heterocycles. The van der Waals surface area contributed by atoms with Gasteiger partial charge in [-0.1, -0.05) is 25.9 Å². The molecule has 6 nitrogen and oxygen atoms in total. The van der Waals surface area contributed by atoms with E-state index in [0.29, 0.717) is 18.3 Å². The maximum absolute atomic E-state index is 6.09. The Morgan fingerprint density at radius 1 is 1.44 bits per heavy atom. The fourth-order valence-corrected chi connectivity index (χ4v) is 1.81. The first-order valence-corrected chi connectivity index (χ1v) is 6.27. The molecule has 1 aromatic heterocycles. The maximum atomic E-state index is 6.09. The van der Waals surface area contributed by atoms with E-state index < -0.39 is 0 Å². The van der Waals surface area contributed by atoms with E-state index in [1.165, 1.54) is 0 Å². The van der Waals surface area contributed by atoms with Crippen molar-refractivity contribution < 1.29 is 9.26 Å². The first kappa shape index (κ1) is 13.5. The van der Waals surface area contributed by atoms with Crippen LogP contribution >= 0.6 is 0 Å². The van der Waals surface area contributed by atoms with Gasteiger partial charge in [-0.25, -0.2) is 0 Å². The topological polar surface area (TPSA) is 77.4 Å². The summed E-state index contributed by atoms with van der Waals surface area (Å²) in [5, 5.41) is 3.99. The monoisotopic (exact) mass is 254 g/mol. The first-order chi connectivity index (χ1) is 8.38. The van der Waals surface area contributed by atoms with E-state index in [1.807, 2.05) is 20.8 Å². The highest BCUT2D eigenvalue weighted by molar-refractivity contribution is 4.99. The SMILES string of the molecule is CN1CCOC(c2noc([C@@H](N)C(C)(C)C)n2)C1. The normalized spacial score (nSPS) is 24.2. The van der Waals surface area contributed by atoms with Gasteiger partial charge in [-0.3, -0.25) is 0 Å². The summed E-state index contributed by atoms with van der Waals surface area (Å²) in [7, 11) is 2.05. The van der Waals surface area contributed by atoms with Crippen LogP contribution in [0.15, 0.2) is 4.52 Å². The molecule has 1 aliphatic rings. The van der Waals surface area contributed by atoms with Crippen LogP contribution in [0.2, 0.25) is 0 Å². The van der Waals surface area contributed by atoms with Crippen LogP contribution in [0.1, 0.15) is 44.6 Å². The van der Waals surface area contributed by atoms with Gasteiger partial charge in [-0.2, -0.15) is 4.98 Å². The number of nitrogens with two attached hydrogens (primary N) is 1. The van der Waals surface area contributed by atoms with E-state index in [9.17, 15) is 0 Å². The highest BCUT2D eigenvalue weighted by Gasteiger charge is 2.30. The van der Waals surface area contributed by atoms with E-state index in [-0.39, 0.29) is 17.6 Å². The summed E-state index contributed by atoms with van der Waals surface area (Å²) in [6.45, 7) is 8.55. The molecule has 2 atom stereocenters. The molecule has 0 aliphatic carbocycles. The van der Waals surface area contributed by atoms with Crippen LogP contribution in [0.5, 0.6) is 0 Å². The lowest BCUT2D eigenvalue weighted by molar-refractivity contribution is -0.0264. The van der Waals surface area contributed by atoms with Gasteiger partial charge in [0.25, 0.3) is 0 Å². The van der Waals surface area contributed by atoms with Crippen LogP contribution in [0.3, 0.4) is 0 Å². The fourth-order valence-electron chi connectivity index (χ4n) is 1.81. The molecule has 18 heavy (non-hydrogen) atoms. The number of aromatic nitrogens is 2. The zero-order chi connectivity index (χ0) is 13.3. The number of rotatable bonds is 2. The number of ether oxygens (including phenoxy) is 1. The summed E-state index contributed by atoms with van der Waals surface area (Å²) < 4.78 is 10.9. The molecule has 1 unspecified atom stereocenters. The minimum Gasteiger partial charge on any atom is -0.367 e. The van der Waals surface area contributed by atoms with E-state index in [2.05, 4.69) is 22.1 Å². The molecule has 2 heterocycles. The molecule has 2 rings (SSSR count). The molecular formula is C12H22N4O2. The number of likely N-dealkylation sites (N-methyl/N-ethyl adjacent to an activating group) is 1. The second-order valence-corrected chi connectivity index (χ2v) is 5.96. The van der Waals surface area contributed by atoms with Crippen molar-refractivity contribution in [3.63, 3.8) is 0 Å². The summed E-state index contributed by atoms with van der Waals surface area (Å²) in [4.78, 5) is 6.57. The van der Waals surface area contributed by atoms with Crippen molar-refractivity contribution in [2.45, 2.75) is 32.9 Å². The standard InChI is InChI=1S/C12H22N4O2/c1-12(2,3)9(13)11-14-10(15-18-11)8-7-16(4)5-6-17-8/h8-9H,5-7,13H2,1-4H3/t8?,9-/m1/s1. The fraction of sp³-hybridized carbons (Fsp3) is 0.833. The van der Waals surface area contributed by atoms with Crippen LogP contribution in [-0.2, 0) is 4.74 Å². The van der Waals surface area contributed by atoms with Crippen molar-refractivity contribution in [2.24, 2.45) is 11.1 Å². The van der Waals surface area contributed by atoms with E-state index >= 15 is 0 Å². The summed E-state index contributed by atoms with van der Waals surface area (Å²) in [5.74, 6) is 1.07. The Labute approximate surface area is 107 Å². The quantitative estimate of drug-likeness (QED) is 0.852. The average molecular weight is 254 g/mol. The van der Waals surface area contributed by atoms with Crippen molar-refractivity contribution in [2.75, 3.05) is 26.7 Å². The molecule has 0 amide bonds. The maximum Gasteiger partial charge on any atom is 0.244 e. The van der Waals surface area contributed by atoms with E-state index in [1.54, 1.807) is 0 Å². The lowest BCUT2D eigenvalue weighted by Crippen LogP contribution is -2.35. The first-order valence-electron chi connectivity index (χ1n) is 6.27. The number of hydrogen-bond acceptors (Lipinski definition) is 6. The predicted molar refractivity (Wildman–Crippen MR) is 66.9 cm³/mol. The second kappa shape index (κ2) is 4.95. The third-order valence-corrected chi connectivity index (χ3v) is 3.21. The molecule has 1 fully saturated rings. The average Bonchev–Trinajstić information content (AvgIpc) is 2.75. The van der Waals surface area contributed by atoms with Crippen LogP contribution in [0.4, 0.5) is 0 Å². The third kappa shape index (κ3) is 2.88. The molecule has 0 radical (unpaired) electrons. The van der Waals surface area contributed by atoms with Crippen molar-refractivity contribution >= 4 is 0 Å². The van der Waals surface area contributed by atoms with Crippen molar-refractivity contribution in [3.05, 3.63) is 11.7 Å². The highest BCUT2D eigenvalue weighted by Crippen LogP contribution is 2.30. The highest BCUT2D eigenvalue weighted by atomic mass is 16.5. The smallest absolute Gasteiger partial charge is 0.244 e. The lowest BCUT2D eigenvalue weighted by Gasteiger charge is -2.28. The largest absolute Gasteiger partial charge is 0.367 e. The summed E-state index contributed by atoms with van der Waals surface area (Å²) in [6, 6.07) is -0.264. The van der Waals surface area contributed by atoms with Crippen LogP contribution < -0.4 is 5.73 Å². The third-order valence-electron chi connectivity index (χ3n) is 3.21. The van der Waals surface area contributed by atoms with Gasteiger partial charge in [0.2, 0.25) is 11.7 Å². The van der Waals surface area contributed by atoms with Crippen molar-refractivity contribution in [1.82, 2.24) is 15.0 Å². The summed E-state index contributed by atoms with van der Waals surface area (Å²) in [6.07, 6.45) is -0.117. The number of morpholine rings is 1. The molecule has 102 valence electrons. The van der Waals surface area contributed by atoms with Gasteiger partial charge in [-0.15, -0.1) is 0 Å². The minimum atomic E-state index is -0.264. The predicted octanol–water partition coefficient (Wildman–Crippen LogP) is 1.12. The minimum absolute atomic E-state index is 0.103. The molecule has 1 aromatic rings. The molecule has 1 aliphatic heterocycles. The van der Waals surface area contributed by atoms with Gasteiger partial charge in [0.1, 0.15) is 6.10 Å². The van der Waals surface area contributed by atoms with Gasteiger partial charge in [0.15, 0.2) is 0 Å². The van der Waals surface area contributed by atoms with E-state index in [0.717, 1.165) is 13.1 Å². The molecule has 2 N–H and O–H groups in total. The lowest BCUT2D eigenvalue weighted by atomic mass is 9.87. The molecule has 0 bridgehead atoms. The van der Waals surface area contributed by atoms with Crippen LogP contribution in [0.25, 0.3) is 0 Å². The molecule has 0 aromatic carbocycles. The van der Waals surface area contributed by atoms with Gasteiger partial charge in [0, 0.05) is 13.1 Å². The Hall–Kier alpha value is -0.980. The van der Waals surface area contributed by atoms with Gasteiger partial charge in [-0.05, 0) is 12.5 Å². The number of nitrogens with zero attached hydrogens (tertiary/aromatic N) is 3. The van der Waals surface area contributed by atoms with Crippen LogP contribution in [-0.4, -0.2) is 41.8 Å². The Morgan fingerprint density at radius 3 is 2.78 bits per heavy atom. The molecule has 6 heteroatoms. The summed E-state index contributed by atoms with van der Waals surface area (Å²) >= 11 is 0. The Kier molecular flexibility index (Phi) is 3.70. The summed E-state index contributed by atoms with van der Waals surface area (Å²) in [5.41, 5.74) is 5.99. The Morgan fingerprint density at radius 2 is 2.17 bits per heavy atom. The van der Waals surface area contributed by atoms with Crippen molar-refractivity contribution in [3.8, 4) is 0 Å². The second-order valence-electron chi connectivity index (χ2n) is 5.96. The zero-order valence-corrected chi connectivity index (χ0v) is 11.5. The van der Waals surface area contributed by atoms with Gasteiger partial charge >= 0.3 is 0 Å². The number of hydrogen-bond donors (Lipinski definition) is 1. The molecular weight excluding hydrogens is 232 g/mol. The van der Waals surface area contributed by atoms with Gasteiger partial charge < -0.3 is 19.9 Å². The Bertz CT molecular complexity index is 399. The van der Waals surface area contributed by atoms with Crippen LogP contribution in [0, 0.1) is 5.41 Å².